The van der Waals surface area contributed by atoms with Gasteiger partial charge in [0.25, 0.3) is 0 Å². The van der Waals surface area contributed by atoms with Crippen LogP contribution < -0.4 is 4.74 Å². The monoisotopic (exact) mass is 206 g/mol. The molecule has 0 spiro atoms. The summed E-state index contributed by atoms with van der Waals surface area (Å²) in [6.07, 6.45) is 0.359. The van der Waals surface area contributed by atoms with E-state index in [1.807, 2.05) is 0 Å². The Morgan fingerprint density at radius 3 is 3.00 bits per heavy atom. The zero-order chi connectivity index (χ0) is 10.8. The van der Waals surface area contributed by atoms with E-state index in [4.69, 9.17) is 4.74 Å². The maximum absolute atomic E-state index is 11.5. The second-order valence-corrected chi connectivity index (χ2v) is 3.22. The molecule has 78 valence electrons. The van der Waals surface area contributed by atoms with E-state index in [0.717, 1.165) is 0 Å². The van der Waals surface area contributed by atoms with E-state index in [0.29, 0.717) is 29.9 Å². The first-order valence-electron chi connectivity index (χ1n) is 4.61. The molecule has 0 aromatic heterocycles. The van der Waals surface area contributed by atoms with Gasteiger partial charge in [-0.1, -0.05) is 0 Å². The lowest BCUT2D eigenvalue weighted by molar-refractivity contribution is 0.0600. The predicted molar refractivity (Wildman–Crippen MR) is 52.2 cm³/mol. The van der Waals surface area contributed by atoms with E-state index in [2.05, 4.69) is 4.74 Å². The molecular weight excluding hydrogens is 196 g/mol. The molecule has 0 unspecified atom stereocenters. The largest absolute Gasteiger partial charge is 0.492 e. The number of fused-ring (bicyclic) bond motifs is 1. The summed E-state index contributed by atoms with van der Waals surface area (Å²) in [5.41, 5.74) is 0.833. The Morgan fingerprint density at radius 2 is 2.27 bits per heavy atom. The first-order chi connectivity index (χ1) is 7.22. The topological polar surface area (TPSA) is 52.6 Å². The first kappa shape index (κ1) is 9.71. The van der Waals surface area contributed by atoms with Crippen LogP contribution in [-0.2, 0) is 4.74 Å². The molecule has 0 saturated carbocycles. The van der Waals surface area contributed by atoms with Crippen molar-refractivity contribution in [1.29, 1.82) is 0 Å². The van der Waals surface area contributed by atoms with Crippen molar-refractivity contribution >= 4 is 11.8 Å². The summed E-state index contributed by atoms with van der Waals surface area (Å²) in [6.45, 7) is 0.406. The molecule has 0 fully saturated rings. The smallest absolute Gasteiger partial charge is 0.337 e. The Labute approximate surface area is 86.8 Å². The van der Waals surface area contributed by atoms with E-state index in [1.165, 1.54) is 13.2 Å². The van der Waals surface area contributed by atoms with Crippen molar-refractivity contribution in [2.45, 2.75) is 6.42 Å². The van der Waals surface area contributed by atoms with Gasteiger partial charge in [0.2, 0.25) is 0 Å². The molecule has 4 nitrogen and oxygen atoms in total. The SMILES string of the molecule is COC(=O)c1ccc2c(c1)C(=O)CCO2. The Bertz CT molecular complexity index is 423. The highest BCUT2D eigenvalue weighted by Gasteiger charge is 2.20. The number of carbonyl (C=O) groups is 2. The molecule has 0 N–H and O–H groups in total. The Morgan fingerprint density at radius 1 is 1.47 bits per heavy atom. The van der Waals surface area contributed by atoms with Gasteiger partial charge in [0.1, 0.15) is 5.75 Å². The first-order valence-corrected chi connectivity index (χ1v) is 4.61. The van der Waals surface area contributed by atoms with Crippen LogP contribution in [0.2, 0.25) is 0 Å². The predicted octanol–water partition coefficient (Wildman–Crippen LogP) is 1.44. The molecule has 2 rings (SSSR count). The van der Waals surface area contributed by atoms with Crippen LogP contribution >= 0.6 is 0 Å². The molecule has 0 aliphatic carbocycles. The zero-order valence-corrected chi connectivity index (χ0v) is 8.28. The fourth-order valence-electron chi connectivity index (χ4n) is 1.51. The van der Waals surface area contributed by atoms with E-state index in [9.17, 15) is 9.59 Å². The Hall–Kier alpha value is -1.84. The summed E-state index contributed by atoms with van der Waals surface area (Å²) in [5.74, 6) is 0.0945. The van der Waals surface area contributed by atoms with Crippen LogP contribution in [0.25, 0.3) is 0 Å². The van der Waals surface area contributed by atoms with Crippen LogP contribution in [0.3, 0.4) is 0 Å². The number of ketones is 1. The second-order valence-electron chi connectivity index (χ2n) is 3.22. The van der Waals surface area contributed by atoms with Crippen molar-refractivity contribution in [1.82, 2.24) is 0 Å². The van der Waals surface area contributed by atoms with Crippen LogP contribution in [0.1, 0.15) is 27.1 Å². The lowest BCUT2D eigenvalue weighted by Crippen LogP contribution is -2.16. The molecule has 0 saturated heterocycles. The fraction of sp³-hybridized carbons (Fsp3) is 0.273. The maximum atomic E-state index is 11.5. The van der Waals surface area contributed by atoms with Gasteiger partial charge >= 0.3 is 5.97 Å². The van der Waals surface area contributed by atoms with Gasteiger partial charge in [-0.3, -0.25) is 4.79 Å². The van der Waals surface area contributed by atoms with Gasteiger partial charge in [0.15, 0.2) is 5.78 Å². The summed E-state index contributed by atoms with van der Waals surface area (Å²) in [6, 6.07) is 4.73. The average molecular weight is 206 g/mol. The highest BCUT2D eigenvalue weighted by molar-refractivity contribution is 6.02. The van der Waals surface area contributed by atoms with E-state index >= 15 is 0 Å². The molecule has 1 aromatic rings. The number of rotatable bonds is 1. The lowest BCUT2D eigenvalue weighted by atomic mass is 10.0. The summed E-state index contributed by atoms with van der Waals surface area (Å²) in [4.78, 5) is 22.7. The van der Waals surface area contributed by atoms with Crippen LogP contribution in [-0.4, -0.2) is 25.5 Å². The van der Waals surface area contributed by atoms with Crippen molar-refractivity contribution < 1.29 is 19.1 Å². The number of methoxy groups -OCH3 is 1. The van der Waals surface area contributed by atoms with Crippen molar-refractivity contribution in [3.63, 3.8) is 0 Å². The number of Topliss-reactive ketones (excluding diaryl/α,β-unsaturated/α-hetero) is 1. The third-order valence-electron chi connectivity index (χ3n) is 2.29. The zero-order valence-electron chi connectivity index (χ0n) is 8.28. The van der Waals surface area contributed by atoms with Crippen LogP contribution in [0, 0.1) is 0 Å². The minimum atomic E-state index is -0.448. The molecule has 15 heavy (non-hydrogen) atoms. The van der Waals surface area contributed by atoms with Gasteiger partial charge in [-0.25, -0.2) is 4.79 Å². The average Bonchev–Trinajstić information content (AvgIpc) is 2.28. The molecule has 0 atom stereocenters. The quantitative estimate of drug-likeness (QED) is 0.652. The van der Waals surface area contributed by atoms with Crippen LogP contribution in [0.5, 0.6) is 5.75 Å². The number of hydrogen-bond donors (Lipinski definition) is 0. The number of hydrogen-bond acceptors (Lipinski definition) is 4. The third-order valence-corrected chi connectivity index (χ3v) is 2.29. The lowest BCUT2D eigenvalue weighted by Gasteiger charge is -2.16. The highest BCUT2D eigenvalue weighted by atomic mass is 16.5. The fourth-order valence-corrected chi connectivity index (χ4v) is 1.51. The minimum absolute atomic E-state index is 0.00185. The molecule has 0 amide bonds. The van der Waals surface area contributed by atoms with Crippen LogP contribution in [0.4, 0.5) is 0 Å². The number of esters is 1. The minimum Gasteiger partial charge on any atom is -0.492 e. The molecular formula is C11H10O4. The summed E-state index contributed by atoms with van der Waals surface area (Å²) in [5, 5.41) is 0. The van der Waals surface area contributed by atoms with Gasteiger partial charge in [0.05, 0.1) is 24.8 Å². The molecule has 1 aliphatic heterocycles. The van der Waals surface area contributed by atoms with E-state index in [-0.39, 0.29) is 5.78 Å². The molecule has 1 aromatic carbocycles. The summed E-state index contributed by atoms with van der Waals surface area (Å²) >= 11 is 0. The van der Waals surface area contributed by atoms with Gasteiger partial charge in [-0.2, -0.15) is 0 Å². The standard InChI is InChI=1S/C11H10O4/c1-14-11(13)7-2-3-10-8(6-7)9(12)4-5-15-10/h2-3,6H,4-5H2,1H3. The van der Waals surface area contributed by atoms with E-state index in [1.54, 1.807) is 12.1 Å². The normalized spacial score (nSPS) is 14.1. The van der Waals surface area contributed by atoms with Gasteiger partial charge in [0, 0.05) is 6.42 Å². The number of benzene rings is 1. The van der Waals surface area contributed by atoms with Crippen molar-refractivity contribution in [3.8, 4) is 5.75 Å². The summed E-state index contributed by atoms with van der Waals surface area (Å²) < 4.78 is 9.86. The molecule has 1 heterocycles. The molecule has 0 radical (unpaired) electrons. The van der Waals surface area contributed by atoms with Crippen molar-refractivity contribution in [2.24, 2.45) is 0 Å². The number of carbonyl (C=O) groups excluding carboxylic acids is 2. The van der Waals surface area contributed by atoms with Gasteiger partial charge < -0.3 is 9.47 Å². The summed E-state index contributed by atoms with van der Waals surface area (Å²) in [7, 11) is 1.31. The van der Waals surface area contributed by atoms with Crippen molar-refractivity contribution in [2.75, 3.05) is 13.7 Å². The molecule has 0 bridgehead atoms. The maximum Gasteiger partial charge on any atom is 0.337 e. The highest BCUT2D eigenvalue weighted by Crippen LogP contribution is 2.25. The Balaban J connectivity index is 2.44. The van der Waals surface area contributed by atoms with Crippen molar-refractivity contribution in [3.05, 3.63) is 29.3 Å². The Kier molecular flexibility index (Phi) is 2.41. The third kappa shape index (κ3) is 1.70. The molecule has 1 aliphatic rings. The van der Waals surface area contributed by atoms with Crippen LogP contribution in [0.15, 0.2) is 18.2 Å². The van der Waals surface area contributed by atoms with Gasteiger partial charge in [-0.15, -0.1) is 0 Å². The van der Waals surface area contributed by atoms with Gasteiger partial charge in [-0.05, 0) is 18.2 Å². The second kappa shape index (κ2) is 3.73. The molecule has 4 heteroatoms. The number of ether oxygens (including phenoxy) is 2. The van der Waals surface area contributed by atoms with E-state index < -0.39 is 5.97 Å².